The van der Waals surface area contributed by atoms with E-state index >= 15 is 0 Å². The van der Waals surface area contributed by atoms with Crippen LogP contribution in [0.1, 0.15) is 53.9 Å². The van der Waals surface area contributed by atoms with E-state index in [4.69, 9.17) is 4.74 Å². The first-order chi connectivity index (χ1) is 8.80. The second kappa shape index (κ2) is 5.06. The zero-order valence-electron chi connectivity index (χ0n) is 13.0. The third kappa shape index (κ3) is 3.11. The maximum Gasteiger partial charge on any atom is 0.244 e. The lowest BCUT2D eigenvalue weighted by atomic mass is 10.1. The lowest BCUT2D eigenvalue weighted by Crippen LogP contribution is -2.47. The van der Waals surface area contributed by atoms with Gasteiger partial charge in [0.15, 0.2) is 0 Å². The largest absolute Gasteiger partial charge is 0.374 e. The Hall–Kier alpha value is -0.610. The first-order valence-electron chi connectivity index (χ1n) is 7.52. The lowest BCUT2D eigenvalue weighted by molar-refractivity contribution is -0.135. The zero-order chi connectivity index (χ0) is 14.3. The van der Waals surface area contributed by atoms with Crippen LogP contribution >= 0.6 is 0 Å². The summed E-state index contributed by atoms with van der Waals surface area (Å²) in [6.07, 6.45) is 3.17. The summed E-state index contributed by atoms with van der Waals surface area (Å²) in [6, 6.07) is 0. The van der Waals surface area contributed by atoms with E-state index in [-0.39, 0.29) is 23.2 Å². The molecule has 0 aromatic carbocycles. The van der Waals surface area contributed by atoms with Gasteiger partial charge in [-0.2, -0.15) is 0 Å². The fraction of sp³-hybridized carbons (Fsp3) is 0.933. The standard InChI is InChI=1S/C15H28N2O2/c1-6-19-14(4,5)10-17-12(9-11(2)3)16-15(7-8-15)13(17)18/h11-12,16H,6-10H2,1-5H3. The summed E-state index contributed by atoms with van der Waals surface area (Å²) < 4.78 is 5.76. The topological polar surface area (TPSA) is 41.6 Å². The van der Waals surface area contributed by atoms with Crippen molar-refractivity contribution in [3.63, 3.8) is 0 Å². The molecule has 0 aromatic rings. The number of nitrogens with one attached hydrogen (secondary N) is 1. The van der Waals surface area contributed by atoms with E-state index in [1.807, 2.05) is 11.8 Å². The summed E-state index contributed by atoms with van der Waals surface area (Å²) in [4.78, 5) is 14.6. The zero-order valence-corrected chi connectivity index (χ0v) is 13.0. The minimum Gasteiger partial charge on any atom is -0.374 e. The summed E-state index contributed by atoms with van der Waals surface area (Å²) in [7, 11) is 0. The minimum absolute atomic E-state index is 0.176. The Morgan fingerprint density at radius 2 is 2.11 bits per heavy atom. The van der Waals surface area contributed by atoms with Crippen LogP contribution in [-0.2, 0) is 9.53 Å². The Morgan fingerprint density at radius 3 is 2.58 bits per heavy atom. The van der Waals surface area contributed by atoms with Gasteiger partial charge in [0.25, 0.3) is 0 Å². The molecular weight excluding hydrogens is 240 g/mol. The Morgan fingerprint density at radius 1 is 1.47 bits per heavy atom. The molecule has 1 amide bonds. The van der Waals surface area contributed by atoms with Crippen LogP contribution in [0.15, 0.2) is 0 Å². The highest BCUT2D eigenvalue weighted by atomic mass is 16.5. The molecule has 1 saturated carbocycles. The lowest BCUT2D eigenvalue weighted by Gasteiger charge is -2.33. The summed E-state index contributed by atoms with van der Waals surface area (Å²) in [5, 5.41) is 3.56. The highest BCUT2D eigenvalue weighted by molar-refractivity contribution is 5.91. The minimum atomic E-state index is -0.276. The van der Waals surface area contributed by atoms with Crippen molar-refractivity contribution in [3.8, 4) is 0 Å². The number of hydrogen-bond donors (Lipinski definition) is 1. The molecule has 2 aliphatic rings. The maximum atomic E-state index is 12.6. The third-order valence-electron chi connectivity index (χ3n) is 4.02. The van der Waals surface area contributed by atoms with Crippen LogP contribution in [0, 0.1) is 5.92 Å². The average Bonchev–Trinajstić information content (AvgIpc) is 3.00. The van der Waals surface area contributed by atoms with Gasteiger partial charge in [0.1, 0.15) is 0 Å². The van der Waals surface area contributed by atoms with Crippen molar-refractivity contribution >= 4 is 5.91 Å². The smallest absolute Gasteiger partial charge is 0.244 e. The number of carbonyl (C=O) groups is 1. The predicted octanol–water partition coefficient (Wildman–Crippen LogP) is 2.14. The molecule has 2 rings (SSSR count). The molecule has 1 unspecified atom stereocenters. The maximum absolute atomic E-state index is 12.6. The first-order valence-corrected chi connectivity index (χ1v) is 7.52. The fourth-order valence-electron chi connectivity index (χ4n) is 3.02. The summed E-state index contributed by atoms with van der Waals surface area (Å²) in [6.45, 7) is 11.9. The quantitative estimate of drug-likeness (QED) is 0.802. The number of rotatable bonds is 6. The molecule has 1 atom stereocenters. The normalized spacial score (nSPS) is 25.7. The molecule has 1 aliphatic carbocycles. The molecule has 1 aliphatic heterocycles. The molecule has 4 heteroatoms. The highest BCUT2D eigenvalue weighted by Gasteiger charge is 2.59. The van der Waals surface area contributed by atoms with E-state index in [0.717, 1.165) is 19.3 Å². The second-order valence-electron chi connectivity index (χ2n) is 7.00. The molecule has 1 saturated heterocycles. The van der Waals surface area contributed by atoms with Gasteiger partial charge in [-0.15, -0.1) is 0 Å². The number of ether oxygens (including phenoxy) is 1. The van der Waals surface area contributed by atoms with Crippen LogP contribution in [0.5, 0.6) is 0 Å². The van der Waals surface area contributed by atoms with Crippen molar-refractivity contribution in [3.05, 3.63) is 0 Å². The van der Waals surface area contributed by atoms with Crippen molar-refractivity contribution in [1.82, 2.24) is 10.2 Å². The van der Waals surface area contributed by atoms with Gasteiger partial charge in [0.05, 0.1) is 23.9 Å². The molecular formula is C15H28N2O2. The van der Waals surface area contributed by atoms with Crippen LogP contribution in [-0.4, -0.2) is 41.3 Å². The van der Waals surface area contributed by atoms with Crippen LogP contribution in [0.3, 0.4) is 0 Å². The van der Waals surface area contributed by atoms with Crippen LogP contribution < -0.4 is 5.32 Å². The van der Waals surface area contributed by atoms with E-state index in [2.05, 4.69) is 33.0 Å². The molecule has 0 bridgehead atoms. The van der Waals surface area contributed by atoms with E-state index in [1.165, 1.54) is 0 Å². The Labute approximate surface area is 116 Å². The highest BCUT2D eigenvalue weighted by Crippen LogP contribution is 2.43. The summed E-state index contributed by atoms with van der Waals surface area (Å²) in [5.41, 5.74) is -0.496. The number of amides is 1. The molecule has 1 spiro atoms. The molecule has 1 N–H and O–H groups in total. The van der Waals surface area contributed by atoms with Gasteiger partial charge in [-0.25, -0.2) is 0 Å². The Kier molecular flexibility index (Phi) is 3.94. The molecule has 0 aromatic heterocycles. The molecule has 110 valence electrons. The van der Waals surface area contributed by atoms with Gasteiger partial charge in [0.2, 0.25) is 5.91 Å². The van der Waals surface area contributed by atoms with Crippen molar-refractivity contribution in [2.24, 2.45) is 5.92 Å². The number of carbonyl (C=O) groups excluding carboxylic acids is 1. The van der Waals surface area contributed by atoms with Crippen molar-refractivity contribution in [2.45, 2.75) is 71.2 Å². The monoisotopic (exact) mass is 268 g/mol. The Balaban J connectivity index is 2.08. The van der Waals surface area contributed by atoms with Gasteiger partial charge >= 0.3 is 0 Å². The molecule has 0 radical (unpaired) electrons. The number of nitrogens with zero attached hydrogens (tertiary/aromatic N) is 1. The van der Waals surface area contributed by atoms with E-state index in [0.29, 0.717) is 19.1 Å². The summed E-state index contributed by atoms with van der Waals surface area (Å²) >= 11 is 0. The molecule has 2 fully saturated rings. The Bertz CT molecular complexity index is 348. The average molecular weight is 268 g/mol. The van der Waals surface area contributed by atoms with Gasteiger partial charge in [-0.1, -0.05) is 13.8 Å². The van der Waals surface area contributed by atoms with Gasteiger partial charge in [-0.05, 0) is 46.0 Å². The van der Waals surface area contributed by atoms with Crippen molar-refractivity contribution in [2.75, 3.05) is 13.2 Å². The predicted molar refractivity (Wildman–Crippen MR) is 75.8 cm³/mol. The van der Waals surface area contributed by atoms with E-state index in [1.54, 1.807) is 0 Å². The van der Waals surface area contributed by atoms with Gasteiger partial charge in [0, 0.05) is 6.61 Å². The molecule has 1 heterocycles. The van der Waals surface area contributed by atoms with Gasteiger partial charge < -0.3 is 9.64 Å². The van der Waals surface area contributed by atoms with E-state index in [9.17, 15) is 4.79 Å². The van der Waals surface area contributed by atoms with Crippen LogP contribution in [0.25, 0.3) is 0 Å². The fourth-order valence-corrected chi connectivity index (χ4v) is 3.02. The SMILES string of the molecule is CCOC(C)(C)CN1C(=O)C2(CC2)NC1CC(C)C. The van der Waals surface area contributed by atoms with Crippen LogP contribution in [0.4, 0.5) is 0 Å². The first kappa shape index (κ1) is 14.8. The van der Waals surface area contributed by atoms with Crippen molar-refractivity contribution in [1.29, 1.82) is 0 Å². The summed E-state index contributed by atoms with van der Waals surface area (Å²) in [5.74, 6) is 0.864. The van der Waals surface area contributed by atoms with Crippen molar-refractivity contribution < 1.29 is 9.53 Å². The molecule has 19 heavy (non-hydrogen) atoms. The van der Waals surface area contributed by atoms with E-state index < -0.39 is 0 Å². The second-order valence-corrected chi connectivity index (χ2v) is 7.00. The number of hydrogen-bond acceptors (Lipinski definition) is 3. The van der Waals surface area contributed by atoms with Crippen LogP contribution in [0.2, 0.25) is 0 Å². The van der Waals surface area contributed by atoms with Gasteiger partial charge in [-0.3, -0.25) is 10.1 Å². The third-order valence-corrected chi connectivity index (χ3v) is 4.02. The molecule has 4 nitrogen and oxygen atoms in total.